The molecule has 1 aromatic rings. The Kier molecular flexibility index (Phi) is 4.27. The molecule has 0 fully saturated rings. The van der Waals surface area contributed by atoms with Gasteiger partial charge in [-0.05, 0) is 36.5 Å². The summed E-state index contributed by atoms with van der Waals surface area (Å²) in [4.78, 5) is 11.6. The van der Waals surface area contributed by atoms with E-state index in [0.29, 0.717) is 6.61 Å². The van der Waals surface area contributed by atoms with E-state index in [-0.39, 0.29) is 11.0 Å². The normalized spacial score (nSPS) is 11.4. The number of benzene rings is 1. The topological polar surface area (TPSA) is 26.3 Å². The summed E-state index contributed by atoms with van der Waals surface area (Å²) in [7, 11) is 0. The molecule has 0 spiro atoms. The molecular formula is C14H19FO2. The summed E-state index contributed by atoms with van der Waals surface area (Å²) in [6, 6.07) is 4.49. The van der Waals surface area contributed by atoms with E-state index in [1.807, 2.05) is 0 Å². The van der Waals surface area contributed by atoms with E-state index < -0.39 is 11.8 Å². The molecule has 2 nitrogen and oxygen atoms in total. The molecule has 0 heterocycles. The van der Waals surface area contributed by atoms with Gasteiger partial charge in [-0.3, -0.25) is 0 Å². The first-order valence-corrected chi connectivity index (χ1v) is 5.73. The Morgan fingerprint density at radius 2 is 2.00 bits per heavy atom. The number of carbonyl (C=O) groups is 1. The molecule has 94 valence electrons. The molecule has 1 aromatic carbocycles. The maximum Gasteiger partial charge on any atom is 0.341 e. The highest BCUT2D eigenvalue weighted by molar-refractivity contribution is 5.89. The Morgan fingerprint density at radius 3 is 2.53 bits per heavy atom. The lowest BCUT2D eigenvalue weighted by molar-refractivity contribution is 0.0459. The zero-order valence-corrected chi connectivity index (χ0v) is 10.8. The van der Waals surface area contributed by atoms with Crippen LogP contribution in [-0.2, 0) is 4.74 Å². The van der Waals surface area contributed by atoms with E-state index in [1.165, 1.54) is 12.1 Å². The van der Waals surface area contributed by atoms with Crippen molar-refractivity contribution in [2.75, 3.05) is 6.61 Å². The fourth-order valence-corrected chi connectivity index (χ4v) is 1.31. The molecule has 0 aromatic heterocycles. The average molecular weight is 238 g/mol. The monoisotopic (exact) mass is 238 g/mol. The molecule has 0 N–H and O–H groups in total. The zero-order chi connectivity index (χ0) is 13.1. The van der Waals surface area contributed by atoms with Gasteiger partial charge in [0.05, 0.1) is 12.2 Å². The lowest BCUT2D eigenvalue weighted by Gasteiger charge is -2.17. The fourth-order valence-electron chi connectivity index (χ4n) is 1.31. The van der Waals surface area contributed by atoms with E-state index in [0.717, 1.165) is 12.0 Å². The Bertz CT molecular complexity index is 405. The molecule has 0 radical (unpaired) electrons. The average Bonchev–Trinajstić information content (AvgIpc) is 2.15. The molecule has 17 heavy (non-hydrogen) atoms. The van der Waals surface area contributed by atoms with Gasteiger partial charge in [0.2, 0.25) is 0 Å². The van der Waals surface area contributed by atoms with Gasteiger partial charge in [-0.1, -0.05) is 26.8 Å². The Morgan fingerprint density at radius 1 is 1.35 bits per heavy atom. The molecule has 0 unspecified atom stereocenters. The van der Waals surface area contributed by atoms with Crippen LogP contribution < -0.4 is 0 Å². The van der Waals surface area contributed by atoms with Gasteiger partial charge in [0.1, 0.15) is 5.82 Å². The summed E-state index contributed by atoms with van der Waals surface area (Å²) in [6.45, 7) is 8.28. The van der Waals surface area contributed by atoms with Crippen molar-refractivity contribution in [2.24, 2.45) is 5.41 Å². The molecule has 0 atom stereocenters. The molecule has 0 bridgehead atoms. The van der Waals surface area contributed by atoms with Crippen molar-refractivity contribution in [1.82, 2.24) is 0 Å². The summed E-state index contributed by atoms with van der Waals surface area (Å²) < 4.78 is 18.5. The van der Waals surface area contributed by atoms with Crippen LogP contribution in [0.15, 0.2) is 18.2 Å². The second-order valence-electron chi connectivity index (χ2n) is 5.43. The van der Waals surface area contributed by atoms with Crippen LogP contribution in [0.4, 0.5) is 4.39 Å². The Labute approximate surface area is 102 Å². The van der Waals surface area contributed by atoms with E-state index in [2.05, 4.69) is 20.8 Å². The van der Waals surface area contributed by atoms with Gasteiger partial charge in [-0.25, -0.2) is 9.18 Å². The summed E-state index contributed by atoms with van der Waals surface area (Å²) in [6.07, 6.45) is 0.756. The minimum Gasteiger partial charge on any atom is -0.462 e. The van der Waals surface area contributed by atoms with Gasteiger partial charge in [-0.2, -0.15) is 0 Å². The summed E-state index contributed by atoms with van der Waals surface area (Å²) in [5.41, 5.74) is 0.893. The second-order valence-corrected chi connectivity index (χ2v) is 5.43. The smallest absolute Gasteiger partial charge is 0.341 e. The summed E-state index contributed by atoms with van der Waals surface area (Å²) in [5, 5.41) is 0. The summed E-state index contributed by atoms with van der Waals surface area (Å²) in [5.74, 6) is -1.11. The third-order valence-electron chi connectivity index (χ3n) is 2.43. The van der Waals surface area contributed by atoms with E-state index in [9.17, 15) is 9.18 Å². The molecule has 0 saturated heterocycles. The van der Waals surface area contributed by atoms with Gasteiger partial charge in [0.15, 0.2) is 0 Å². The maximum atomic E-state index is 13.5. The molecule has 0 aliphatic rings. The number of halogens is 1. The van der Waals surface area contributed by atoms with Gasteiger partial charge >= 0.3 is 5.97 Å². The quantitative estimate of drug-likeness (QED) is 0.750. The highest BCUT2D eigenvalue weighted by atomic mass is 19.1. The third kappa shape index (κ3) is 4.55. The first kappa shape index (κ1) is 13.7. The number of ether oxygens (including phenoxy) is 1. The maximum absolute atomic E-state index is 13.5. The van der Waals surface area contributed by atoms with Crippen molar-refractivity contribution >= 4 is 5.97 Å². The van der Waals surface area contributed by atoms with Crippen molar-refractivity contribution in [3.05, 3.63) is 35.1 Å². The predicted octanol–water partition coefficient (Wildman–Crippen LogP) is 3.73. The van der Waals surface area contributed by atoms with Crippen LogP contribution in [0.25, 0.3) is 0 Å². The molecule has 3 heteroatoms. The minimum atomic E-state index is -0.591. The molecule has 0 aliphatic heterocycles. The van der Waals surface area contributed by atoms with Crippen LogP contribution in [0.2, 0.25) is 0 Å². The molecule has 0 saturated carbocycles. The van der Waals surface area contributed by atoms with Crippen LogP contribution in [0.1, 0.15) is 43.1 Å². The van der Waals surface area contributed by atoms with Gasteiger partial charge < -0.3 is 4.74 Å². The largest absolute Gasteiger partial charge is 0.462 e. The van der Waals surface area contributed by atoms with Gasteiger partial charge in [-0.15, -0.1) is 0 Å². The van der Waals surface area contributed by atoms with Gasteiger partial charge in [0.25, 0.3) is 0 Å². The van der Waals surface area contributed by atoms with Gasteiger partial charge in [0, 0.05) is 0 Å². The highest BCUT2D eigenvalue weighted by Crippen LogP contribution is 2.18. The SMILES string of the molecule is Cc1ccc(C(=O)OCCC(C)(C)C)c(F)c1. The fraction of sp³-hybridized carbons (Fsp3) is 0.500. The summed E-state index contributed by atoms with van der Waals surface area (Å²) >= 11 is 0. The number of aryl methyl sites for hydroxylation is 1. The number of esters is 1. The number of hydrogen-bond acceptors (Lipinski definition) is 2. The first-order chi connectivity index (χ1) is 7.79. The zero-order valence-electron chi connectivity index (χ0n) is 10.8. The lowest BCUT2D eigenvalue weighted by atomic mass is 9.93. The van der Waals surface area contributed by atoms with Crippen LogP contribution in [0.3, 0.4) is 0 Å². The standard InChI is InChI=1S/C14H19FO2/c1-10-5-6-11(12(15)9-10)13(16)17-8-7-14(2,3)4/h5-6,9H,7-8H2,1-4H3. The molecule has 0 amide bonds. The molecule has 1 rings (SSSR count). The van der Waals surface area contributed by atoms with Crippen LogP contribution in [-0.4, -0.2) is 12.6 Å². The number of carbonyl (C=O) groups excluding carboxylic acids is 1. The highest BCUT2D eigenvalue weighted by Gasteiger charge is 2.15. The minimum absolute atomic E-state index is 0.00418. The van der Waals surface area contributed by atoms with Crippen molar-refractivity contribution in [2.45, 2.75) is 34.1 Å². The van der Waals surface area contributed by atoms with Crippen molar-refractivity contribution < 1.29 is 13.9 Å². The van der Waals surface area contributed by atoms with Crippen molar-refractivity contribution in [3.63, 3.8) is 0 Å². The third-order valence-corrected chi connectivity index (χ3v) is 2.43. The van der Waals surface area contributed by atoms with Crippen LogP contribution >= 0.6 is 0 Å². The van der Waals surface area contributed by atoms with Crippen molar-refractivity contribution in [1.29, 1.82) is 0 Å². The Hall–Kier alpha value is -1.38. The van der Waals surface area contributed by atoms with E-state index >= 15 is 0 Å². The predicted molar refractivity (Wildman–Crippen MR) is 65.5 cm³/mol. The first-order valence-electron chi connectivity index (χ1n) is 5.73. The van der Waals surface area contributed by atoms with Crippen molar-refractivity contribution in [3.8, 4) is 0 Å². The van der Waals surface area contributed by atoms with Crippen LogP contribution in [0, 0.1) is 18.2 Å². The Balaban J connectivity index is 2.59. The van der Waals surface area contributed by atoms with E-state index in [4.69, 9.17) is 4.74 Å². The molecule has 0 aliphatic carbocycles. The van der Waals surface area contributed by atoms with Crippen LogP contribution in [0.5, 0.6) is 0 Å². The lowest BCUT2D eigenvalue weighted by Crippen LogP contribution is -2.14. The second kappa shape index (κ2) is 5.30. The number of rotatable bonds is 3. The molecular weight excluding hydrogens is 219 g/mol. The van der Waals surface area contributed by atoms with E-state index in [1.54, 1.807) is 13.0 Å². The number of hydrogen-bond donors (Lipinski definition) is 0.